The molecule has 3 aliphatic heterocycles. The minimum atomic E-state index is 0.0540. The highest BCUT2D eigenvalue weighted by Gasteiger charge is 2.47. The Kier molecular flexibility index (Phi) is 4.31. The van der Waals surface area contributed by atoms with Gasteiger partial charge in [-0.3, -0.25) is 14.7 Å². The molecule has 130 valence electrons. The summed E-state index contributed by atoms with van der Waals surface area (Å²) >= 11 is 0. The molecule has 1 amide bonds. The number of hydrogen-bond acceptors (Lipinski definition) is 4. The maximum atomic E-state index is 12.5. The summed E-state index contributed by atoms with van der Waals surface area (Å²) in [5.41, 5.74) is 2.08. The first kappa shape index (κ1) is 16.0. The van der Waals surface area contributed by atoms with Crippen LogP contribution in [0, 0.1) is 6.92 Å². The molecule has 0 aliphatic carbocycles. The zero-order chi connectivity index (χ0) is 16.6. The van der Waals surface area contributed by atoms with Gasteiger partial charge in [0.15, 0.2) is 0 Å². The van der Waals surface area contributed by atoms with Crippen molar-refractivity contribution >= 4 is 5.91 Å². The largest absolute Gasteiger partial charge is 0.380 e. The predicted octanol–water partition coefficient (Wildman–Crippen LogP) is 2.14. The Balaban J connectivity index is 1.46. The lowest BCUT2D eigenvalue weighted by Gasteiger charge is -2.46. The van der Waals surface area contributed by atoms with E-state index in [2.05, 4.69) is 14.8 Å². The van der Waals surface area contributed by atoms with Gasteiger partial charge >= 0.3 is 0 Å². The molecule has 4 heterocycles. The standard InChI is InChI=1S/C19H27N3O2/c1-15-3-2-4-16(20-15)13-22-18(23)5-7-19(22)8-10-21(11-9-19)17-6-12-24-14-17/h2-4,17H,5-14H2,1H3. The maximum Gasteiger partial charge on any atom is 0.223 e. The Hall–Kier alpha value is -1.46. The van der Waals surface area contributed by atoms with Crippen molar-refractivity contribution in [1.29, 1.82) is 0 Å². The van der Waals surface area contributed by atoms with Gasteiger partial charge in [-0.1, -0.05) is 6.07 Å². The number of nitrogens with zero attached hydrogens (tertiary/aromatic N) is 3. The molecule has 1 aromatic rings. The molecule has 0 bridgehead atoms. The lowest BCUT2D eigenvalue weighted by Crippen LogP contribution is -2.54. The van der Waals surface area contributed by atoms with E-state index in [0.717, 1.165) is 63.4 Å². The molecular weight excluding hydrogens is 302 g/mol. The van der Waals surface area contributed by atoms with Crippen LogP contribution >= 0.6 is 0 Å². The van der Waals surface area contributed by atoms with Gasteiger partial charge < -0.3 is 9.64 Å². The molecule has 1 unspecified atom stereocenters. The summed E-state index contributed by atoms with van der Waals surface area (Å²) in [6.07, 6.45) is 5.02. The van der Waals surface area contributed by atoms with E-state index in [9.17, 15) is 4.79 Å². The molecule has 0 radical (unpaired) electrons. The van der Waals surface area contributed by atoms with Crippen LogP contribution in [0.1, 0.15) is 43.5 Å². The lowest BCUT2D eigenvalue weighted by molar-refractivity contribution is -0.133. The van der Waals surface area contributed by atoms with Gasteiger partial charge in [0, 0.05) is 43.4 Å². The fourth-order valence-corrected chi connectivity index (χ4v) is 4.61. The molecule has 3 saturated heterocycles. The first-order valence-electron chi connectivity index (χ1n) is 9.21. The third-order valence-corrected chi connectivity index (χ3v) is 6.09. The van der Waals surface area contributed by atoms with Crippen LogP contribution in [0.25, 0.3) is 0 Å². The summed E-state index contributed by atoms with van der Waals surface area (Å²) in [4.78, 5) is 21.9. The third-order valence-electron chi connectivity index (χ3n) is 6.09. The van der Waals surface area contributed by atoms with Gasteiger partial charge in [0.05, 0.1) is 18.8 Å². The summed E-state index contributed by atoms with van der Waals surface area (Å²) in [6.45, 7) is 6.61. The number of hydrogen-bond donors (Lipinski definition) is 0. The van der Waals surface area contributed by atoms with Crippen molar-refractivity contribution in [3.05, 3.63) is 29.6 Å². The van der Waals surface area contributed by atoms with Crippen molar-refractivity contribution in [3.8, 4) is 0 Å². The van der Waals surface area contributed by atoms with Gasteiger partial charge in [-0.2, -0.15) is 0 Å². The first-order chi connectivity index (χ1) is 11.7. The normalized spacial score (nSPS) is 27.3. The molecule has 5 nitrogen and oxygen atoms in total. The average molecular weight is 329 g/mol. The molecule has 0 aromatic carbocycles. The molecule has 0 saturated carbocycles. The van der Waals surface area contributed by atoms with Crippen LogP contribution < -0.4 is 0 Å². The molecule has 0 N–H and O–H groups in total. The molecular formula is C19H27N3O2. The SMILES string of the molecule is Cc1cccc(CN2C(=O)CCC23CCN(C2CCOC2)CC3)n1. The second-order valence-corrected chi connectivity index (χ2v) is 7.53. The summed E-state index contributed by atoms with van der Waals surface area (Å²) < 4.78 is 5.54. The number of carbonyl (C=O) groups is 1. The average Bonchev–Trinajstić information content (AvgIpc) is 3.21. The number of aromatic nitrogens is 1. The van der Waals surface area contributed by atoms with Crippen molar-refractivity contribution in [2.75, 3.05) is 26.3 Å². The number of likely N-dealkylation sites (tertiary alicyclic amines) is 2. The summed E-state index contributed by atoms with van der Waals surface area (Å²) in [5.74, 6) is 0.302. The number of rotatable bonds is 3. The van der Waals surface area contributed by atoms with Gasteiger partial charge in [-0.15, -0.1) is 0 Å². The van der Waals surface area contributed by atoms with E-state index in [1.807, 2.05) is 25.1 Å². The maximum absolute atomic E-state index is 12.5. The zero-order valence-electron chi connectivity index (χ0n) is 14.5. The van der Waals surface area contributed by atoms with Crippen molar-refractivity contribution in [3.63, 3.8) is 0 Å². The number of aryl methyl sites for hydroxylation is 1. The smallest absolute Gasteiger partial charge is 0.223 e. The number of piperidine rings is 1. The molecule has 1 atom stereocenters. The highest BCUT2D eigenvalue weighted by atomic mass is 16.5. The molecule has 1 spiro atoms. The number of amides is 1. The van der Waals surface area contributed by atoms with E-state index in [-0.39, 0.29) is 5.54 Å². The monoisotopic (exact) mass is 329 g/mol. The van der Waals surface area contributed by atoms with E-state index in [4.69, 9.17) is 4.74 Å². The second kappa shape index (κ2) is 6.45. The van der Waals surface area contributed by atoms with Gasteiger partial charge in [-0.05, 0) is 44.7 Å². The van der Waals surface area contributed by atoms with Crippen molar-refractivity contribution < 1.29 is 9.53 Å². The molecule has 3 aliphatic rings. The van der Waals surface area contributed by atoms with E-state index in [1.165, 1.54) is 0 Å². The number of pyridine rings is 1. The predicted molar refractivity (Wildman–Crippen MR) is 91.5 cm³/mol. The van der Waals surface area contributed by atoms with E-state index in [1.54, 1.807) is 0 Å². The minimum absolute atomic E-state index is 0.0540. The second-order valence-electron chi connectivity index (χ2n) is 7.53. The van der Waals surface area contributed by atoms with Gasteiger partial charge in [-0.25, -0.2) is 0 Å². The van der Waals surface area contributed by atoms with Crippen LogP contribution in [0.4, 0.5) is 0 Å². The highest BCUT2D eigenvalue weighted by molar-refractivity contribution is 5.79. The zero-order valence-corrected chi connectivity index (χ0v) is 14.5. The van der Waals surface area contributed by atoms with E-state index in [0.29, 0.717) is 24.9 Å². The van der Waals surface area contributed by atoms with Gasteiger partial charge in [0.25, 0.3) is 0 Å². The van der Waals surface area contributed by atoms with Crippen molar-refractivity contribution in [1.82, 2.24) is 14.8 Å². The van der Waals surface area contributed by atoms with Gasteiger partial charge in [0.1, 0.15) is 0 Å². The molecule has 1 aromatic heterocycles. The fraction of sp³-hybridized carbons (Fsp3) is 0.684. The Labute approximate surface area is 144 Å². The van der Waals surface area contributed by atoms with Crippen LogP contribution in [-0.4, -0.2) is 58.6 Å². The van der Waals surface area contributed by atoms with Gasteiger partial charge in [0.2, 0.25) is 5.91 Å². The summed E-state index contributed by atoms with van der Waals surface area (Å²) in [6, 6.07) is 6.67. The van der Waals surface area contributed by atoms with Crippen molar-refractivity contribution in [2.24, 2.45) is 0 Å². The molecule has 5 heteroatoms. The third kappa shape index (κ3) is 2.95. The van der Waals surface area contributed by atoms with Crippen LogP contribution in [-0.2, 0) is 16.1 Å². The van der Waals surface area contributed by atoms with E-state index >= 15 is 0 Å². The summed E-state index contributed by atoms with van der Waals surface area (Å²) in [5, 5.41) is 0. The highest BCUT2D eigenvalue weighted by Crippen LogP contribution is 2.40. The fourth-order valence-electron chi connectivity index (χ4n) is 4.61. The molecule has 4 rings (SSSR count). The Morgan fingerprint density at radius 2 is 2.12 bits per heavy atom. The summed E-state index contributed by atoms with van der Waals surface area (Å²) in [7, 11) is 0. The van der Waals surface area contributed by atoms with E-state index < -0.39 is 0 Å². The van der Waals surface area contributed by atoms with Crippen LogP contribution in [0.15, 0.2) is 18.2 Å². The Bertz CT molecular complexity index is 604. The lowest BCUT2D eigenvalue weighted by atomic mass is 9.84. The van der Waals surface area contributed by atoms with Crippen LogP contribution in [0.2, 0.25) is 0 Å². The molecule has 3 fully saturated rings. The quantitative estimate of drug-likeness (QED) is 0.852. The van der Waals surface area contributed by atoms with Crippen molar-refractivity contribution in [2.45, 2.75) is 57.2 Å². The first-order valence-corrected chi connectivity index (χ1v) is 9.21. The number of ether oxygens (including phenoxy) is 1. The Morgan fingerprint density at radius 3 is 2.83 bits per heavy atom. The minimum Gasteiger partial charge on any atom is -0.380 e. The van der Waals surface area contributed by atoms with Crippen LogP contribution in [0.3, 0.4) is 0 Å². The Morgan fingerprint density at radius 1 is 1.29 bits per heavy atom. The molecule has 24 heavy (non-hydrogen) atoms. The van der Waals surface area contributed by atoms with Crippen LogP contribution in [0.5, 0.6) is 0 Å². The number of carbonyl (C=O) groups excluding carboxylic acids is 1. The topological polar surface area (TPSA) is 45.7 Å².